The van der Waals surface area contributed by atoms with E-state index in [-0.39, 0.29) is 6.61 Å². The molecule has 0 fully saturated rings. The standard InChI is InChI=1S/C8H14O2/c1-2-8(10)6-4-3-5-7-9/h2-3,5,8-10H,1,4,6-7H2. The van der Waals surface area contributed by atoms with E-state index in [2.05, 4.69) is 6.58 Å². The lowest BCUT2D eigenvalue weighted by Crippen LogP contribution is -1.99. The summed E-state index contributed by atoms with van der Waals surface area (Å²) in [6.45, 7) is 3.51. The Morgan fingerprint density at radius 3 is 2.60 bits per heavy atom. The van der Waals surface area contributed by atoms with Crippen LogP contribution in [0.5, 0.6) is 0 Å². The van der Waals surface area contributed by atoms with Gasteiger partial charge in [-0.05, 0) is 12.8 Å². The van der Waals surface area contributed by atoms with E-state index in [1.807, 2.05) is 6.08 Å². The van der Waals surface area contributed by atoms with Gasteiger partial charge in [0.15, 0.2) is 0 Å². The minimum Gasteiger partial charge on any atom is -0.392 e. The van der Waals surface area contributed by atoms with Crippen LogP contribution in [0.15, 0.2) is 24.8 Å². The van der Waals surface area contributed by atoms with E-state index in [4.69, 9.17) is 10.2 Å². The van der Waals surface area contributed by atoms with Gasteiger partial charge in [0.2, 0.25) is 0 Å². The van der Waals surface area contributed by atoms with Crippen molar-refractivity contribution in [2.75, 3.05) is 6.61 Å². The molecule has 0 rings (SSSR count). The predicted octanol–water partition coefficient (Wildman–Crippen LogP) is 0.862. The fraction of sp³-hybridized carbons (Fsp3) is 0.500. The molecule has 2 heteroatoms. The summed E-state index contributed by atoms with van der Waals surface area (Å²) in [6.07, 6.45) is 6.06. The molecule has 0 amide bonds. The molecule has 0 saturated carbocycles. The molecule has 2 nitrogen and oxygen atoms in total. The Morgan fingerprint density at radius 1 is 1.40 bits per heavy atom. The van der Waals surface area contributed by atoms with Crippen molar-refractivity contribution in [3.8, 4) is 0 Å². The van der Waals surface area contributed by atoms with Crippen LogP contribution in [-0.4, -0.2) is 22.9 Å². The average molecular weight is 142 g/mol. The quantitative estimate of drug-likeness (QED) is 0.559. The van der Waals surface area contributed by atoms with Gasteiger partial charge in [0.1, 0.15) is 0 Å². The van der Waals surface area contributed by atoms with Crippen molar-refractivity contribution in [2.24, 2.45) is 0 Å². The summed E-state index contributed by atoms with van der Waals surface area (Å²) < 4.78 is 0. The molecule has 0 bridgehead atoms. The van der Waals surface area contributed by atoms with Crippen LogP contribution in [0.25, 0.3) is 0 Å². The van der Waals surface area contributed by atoms with Crippen LogP contribution in [0.3, 0.4) is 0 Å². The highest BCUT2D eigenvalue weighted by Gasteiger charge is 1.92. The van der Waals surface area contributed by atoms with Crippen molar-refractivity contribution < 1.29 is 10.2 Å². The Bertz CT molecular complexity index is 108. The van der Waals surface area contributed by atoms with Gasteiger partial charge in [0.25, 0.3) is 0 Å². The second-order valence-electron chi connectivity index (χ2n) is 2.03. The van der Waals surface area contributed by atoms with Crippen LogP contribution < -0.4 is 0 Å². The van der Waals surface area contributed by atoms with Gasteiger partial charge in [-0.2, -0.15) is 0 Å². The zero-order valence-corrected chi connectivity index (χ0v) is 6.03. The van der Waals surface area contributed by atoms with E-state index in [0.717, 1.165) is 6.42 Å². The molecular weight excluding hydrogens is 128 g/mol. The van der Waals surface area contributed by atoms with Gasteiger partial charge in [-0.25, -0.2) is 0 Å². The molecule has 1 unspecified atom stereocenters. The maximum Gasteiger partial charge on any atom is 0.0721 e. The number of aliphatic hydroxyl groups excluding tert-OH is 2. The Labute approximate surface area is 61.5 Å². The van der Waals surface area contributed by atoms with Gasteiger partial charge in [-0.1, -0.05) is 18.2 Å². The third-order valence-corrected chi connectivity index (χ3v) is 1.17. The van der Waals surface area contributed by atoms with E-state index < -0.39 is 6.10 Å². The van der Waals surface area contributed by atoms with Gasteiger partial charge in [0.05, 0.1) is 12.7 Å². The number of hydrogen-bond donors (Lipinski definition) is 2. The lowest BCUT2D eigenvalue weighted by molar-refractivity contribution is 0.214. The van der Waals surface area contributed by atoms with Crippen molar-refractivity contribution in [3.63, 3.8) is 0 Å². The van der Waals surface area contributed by atoms with E-state index >= 15 is 0 Å². The summed E-state index contributed by atoms with van der Waals surface area (Å²) in [5, 5.41) is 17.3. The van der Waals surface area contributed by atoms with Crippen LogP contribution >= 0.6 is 0 Å². The molecule has 0 aromatic carbocycles. The van der Waals surface area contributed by atoms with Crippen LogP contribution in [-0.2, 0) is 0 Å². The summed E-state index contributed by atoms with van der Waals surface area (Å²) in [7, 11) is 0. The lowest BCUT2D eigenvalue weighted by Gasteiger charge is -1.99. The second kappa shape index (κ2) is 6.52. The van der Waals surface area contributed by atoms with Gasteiger partial charge < -0.3 is 10.2 Å². The summed E-state index contributed by atoms with van der Waals surface area (Å²) in [4.78, 5) is 0. The summed E-state index contributed by atoms with van der Waals surface area (Å²) >= 11 is 0. The van der Waals surface area contributed by atoms with Gasteiger partial charge >= 0.3 is 0 Å². The number of allylic oxidation sites excluding steroid dienone is 1. The maximum absolute atomic E-state index is 8.94. The summed E-state index contributed by atoms with van der Waals surface area (Å²) in [6, 6.07) is 0. The molecule has 10 heavy (non-hydrogen) atoms. The summed E-state index contributed by atoms with van der Waals surface area (Å²) in [5.74, 6) is 0. The highest BCUT2D eigenvalue weighted by Crippen LogP contribution is 1.97. The first-order valence-electron chi connectivity index (χ1n) is 3.37. The van der Waals surface area contributed by atoms with Crippen LogP contribution in [0.2, 0.25) is 0 Å². The Kier molecular flexibility index (Phi) is 6.13. The fourth-order valence-corrected chi connectivity index (χ4v) is 0.577. The third-order valence-electron chi connectivity index (χ3n) is 1.17. The van der Waals surface area contributed by atoms with Crippen molar-refractivity contribution in [1.82, 2.24) is 0 Å². The molecule has 0 saturated heterocycles. The molecular formula is C8H14O2. The average Bonchev–Trinajstić information content (AvgIpc) is 1.98. The third kappa shape index (κ3) is 5.54. The highest BCUT2D eigenvalue weighted by atomic mass is 16.3. The summed E-state index contributed by atoms with van der Waals surface area (Å²) in [5.41, 5.74) is 0. The number of aliphatic hydroxyl groups is 2. The lowest BCUT2D eigenvalue weighted by atomic mass is 10.2. The van der Waals surface area contributed by atoms with Crippen molar-refractivity contribution in [2.45, 2.75) is 18.9 Å². The monoisotopic (exact) mass is 142 g/mol. The maximum atomic E-state index is 8.94. The minimum absolute atomic E-state index is 0.0736. The molecule has 2 N–H and O–H groups in total. The first-order chi connectivity index (χ1) is 4.81. The molecule has 0 aromatic rings. The molecule has 0 aliphatic heterocycles. The Balaban J connectivity index is 3.18. The smallest absolute Gasteiger partial charge is 0.0721 e. The zero-order valence-electron chi connectivity index (χ0n) is 6.03. The van der Waals surface area contributed by atoms with Crippen LogP contribution in [0.1, 0.15) is 12.8 Å². The van der Waals surface area contributed by atoms with Crippen molar-refractivity contribution in [3.05, 3.63) is 24.8 Å². The Morgan fingerprint density at radius 2 is 2.10 bits per heavy atom. The number of rotatable bonds is 5. The minimum atomic E-state index is -0.414. The number of hydrogen-bond acceptors (Lipinski definition) is 2. The van der Waals surface area contributed by atoms with Gasteiger partial charge in [-0.15, -0.1) is 6.58 Å². The Hall–Kier alpha value is -0.600. The second-order valence-corrected chi connectivity index (χ2v) is 2.03. The van der Waals surface area contributed by atoms with Crippen LogP contribution in [0, 0.1) is 0 Å². The molecule has 1 atom stereocenters. The normalized spacial score (nSPS) is 13.8. The molecule has 0 aliphatic carbocycles. The SMILES string of the molecule is C=CC(O)CCC=CCO. The zero-order chi connectivity index (χ0) is 7.82. The van der Waals surface area contributed by atoms with E-state index in [1.165, 1.54) is 6.08 Å². The van der Waals surface area contributed by atoms with E-state index in [0.29, 0.717) is 6.42 Å². The topological polar surface area (TPSA) is 40.5 Å². The molecule has 0 aliphatic rings. The van der Waals surface area contributed by atoms with Gasteiger partial charge in [0, 0.05) is 0 Å². The molecule has 0 heterocycles. The first kappa shape index (κ1) is 9.40. The van der Waals surface area contributed by atoms with E-state index in [9.17, 15) is 0 Å². The molecule has 58 valence electrons. The van der Waals surface area contributed by atoms with Crippen molar-refractivity contribution in [1.29, 1.82) is 0 Å². The predicted molar refractivity (Wildman–Crippen MR) is 41.7 cm³/mol. The molecule has 0 spiro atoms. The van der Waals surface area contributed by atoms with Crippen molar-refractivity contribution >= 4 is 0 Å². The molecule has 0 radical (unpaired) electrons. The van der Waals surface area contributed by atoms with Gasteiger partial charge in [-0.3, -0.25) is 0 Å². The van der Waals surface area contributed by atoms with E-state index in [1.54, 1.807) is 6.08 Å². The fourth-order valence-electron chi connectivity index (χ4n) is 0.577. The first-order valence-corrected chi connectivity index (χ1v) is 3.37. The molecule has 0 aromatic heterocycles. The largest absolute Gasteiger partial charge is 0.392 e. The van der Waals surface area contributed by atoms with Crippen LogP contribution in [0.4, 0.5) is 0 Å². The highest BCUT2D eigenvalue weighted by molar-refractivity contribution is 4.85.